The molecular weight excluding hydrogens is 218 g/mol. The van der Waals surface area contributed by atoms with Gasteiger partial charge in [0.2, 0.25) is 0 Å². The smallest absolute Gasteiger partial charge is 0.303 e. The second-order valence-electron chi connectivity index (χ2n) is 5.76. The number of nitrogens with zero attached hydrogens (tertiary/aromatic N) is 1. The van der Waals surface area contributed by atoms with Gasteiger partial charge < -0.3 is 15.1 Å². The van der Waals surface area contributed by atoms with Crippen molar-refractivity contribution in [3.63, 3.8) is 0 Å². The van der Waals surface area contributed by atoms with Crippen molar-refractivity contribution >= 4 is 5.97 Å². The predicted octanol–water partition coefficient (Wildman–Crippen LogP) is 1.97. The fourth-order valence-corrected chi connectivity index (χ4v) is 1.85. The van der Waals surface area contributed by atoms with Crippen LogP contribution in [0.2, 0.25) is 0 Å². The molecule has 0 bridgehead atoms. The first-order chi connectivity index (χ1) is 7.85. The summed E-state index contributed by atoms with van der Waals surface area (Å²) in [6.45, 7) is 9.59. The standard InChI is InChI=1S/C13H27NO3/c1-13(2,3)11-14(9-6-10-15)8-5-4-7-12(16)17/h15H,4-11H2,1-3H3,(H,16,17). The van der Waals surface area contributed by atoms with Crippen LogP contribution in [-0.2, 0) is 4.79 Å². The van der Waals surface area contributed by atoms with Gasteiger partial charge in [-0.05, 0) is 31.2 Å². The molecule has 0 amide bonds. The van der Waals surface area contributed by atoms with Crippen LogP contribution in [-0.4, -0.2) is 47.3 Å². The van der Waals surface area contributed by atoms with Gasteiger partial charge in [-0.2, -0.15) is 0 Å². The summed E-state index contributed by atoms with van der Waals surface area (Å²) < 4.78 is 0. The molecule has 0 saturated heterocycles. The zero-order chi connectivity index (χ0) is 13.3. The lowest BCUT2D eigenvalue weighted by atomic mass is 9.96. The van der Waals surface area contributed by atoms with E-state index in [1.807, 2.05) is 0 Å². The average Bonchev–Trinajstić information content (AvgIpc) is 2.18. The number of aliphatic hydroxyl groups excluding tert-OH is 1. The molecule has 0 spiro atoms. The number of hydrogen-bond donors (Lipinski definition) is 2. The second kappa shape index (κ2) is 8.48. The Morgan fingerprint density at radius 2 is 1.71 bits per heavy atom. The van der Waals surface area contributed by atoms with Gasteiger partial charge in [0, 0.05) is 26.1 Å². The van der Waals surface area contributed by atoms with Crippen LogP contribution in [0.1, 0.15) is 46.5 Å². The second-order valence-corrected chi connectivity index (χ2v) is 5.76. The number of hydrogen-bond acceptors (Lipinski definition) is 3. The SMILES string of the molecule is CC(C)(C)CN(CCCO)CCCCC(=O)O. The fourth-order valence-electron chi connectivity index (χ4n) is 1.85. The molecule has 0 aliphatic heterocycles. The molecule has 0 radical (unpaired) electrons. The van der Waals surface area contributed by atoms with E-state index in [1.54, 1.807) is 0 Å². The van der Waals surface area contributed by atoms with E-state index in [0.29, 0.717) is 0 Å². The molecular formula is C13H27NO3. The van der Waals surface area contributed by atoms with E-state index in [1.165, 1.54) is 0 Å². The maximum atomic E-state index is 10.4. The van der Waals surface area contributed by atoms with Crippen LogP contribution < -0.4 is 0 Å². The quantitative estimate of drug-likeness (QED) is 0.610. The lowest BCUT2D eigenvalue weighted by molar-refractivity contribution is -0.137. The summed E-state index contributed by atoms with van der Waals surface area (Å²) >= 11 is 0. The number of rotatable bonds is 9. The predicted molar refractivity (Wildman–Crippen MR) is 69.1 cm³/mol. The number of carboxylic acids is 1. The van der Waals surface area contributed by atoms with E-state index in [2.05, 4.69) is 25.7 Å². The van der Waals surface area contributed by atoms with Gasteiger partial charge in [0.25, 0.3) is 0 Å². The van der Waals surface area contributed by atoms with Crippen molar-refractivity contribution in [2.75, 3.05) is 26.2 Å². The molecule has 0 heterocycles. The van der Waals surface area contributed by atoms with Crippen LogP contribution in [0.15, 0.2) is 0 Å². The van der Waals surface area contributed by atoms with Crippen LogP contribution in [0.25, 0.3) is 0 Å². The van der Waals surface area contributed by atoms with E-state index in [-0.39, 0.29) is 18.4 Å². The molecule has 0 atom stereocenters. The van der Waals surface area contributed by atoms with Crippen LogP contribution in [0, 0.1) is 5.41 Å². The molecule has 0 aromatic carbocycles. The highest BCUT2D eigenvalue weighted by Crippen LogP contribution is 2.16. The number of carbonyl (C=O) groups is 1. The highest BCUT2D eigenvalue weighted by atomic mass is 16.4. The molecule has 0 aromatic heterocycles. The van der Waals surface area contributed by atoms with Gasteiger partial charge >= 0.3 is 5.97 Å². The first-order valence-corrected chi connectivity index (χ1v) is 6.40. The Hall–Kier alpha value is -0.610. The normalized spacial score (nSPS) is 12.1. The molecule has 0 aliphatic rings. The van der Waals surface area contributed by atoms with E-state index in [9.17, 15) is 4.79 Å². The highest BCUT2D eigenvalue weighted by molar-refractivity contribution is 5.66. The van der Waals surface area contributed by atoms with Crippen LogP contribution in [0.3, 0.4) is 0 Å². The van der Waals surface area contributed by atoms with Crippen LogP contribution in [0.4, 0.5) is 0 Å². The van der Waals surface area contributed by atoms with Gasteiger partial charge in [0.1, 0.15) is 0 Å². The molecule has 2 N–H and O–H groups in total. The Labute approximate surface area is 105 Å². The Morgan fingerprint density at radius 1 is 1.12 bits per heavy atom. The van der Waals surface area contributed by atoms with Crippen molar-refractivity contribution in [1.29, 1.82) is 0 Å². The minimum Gasteiger partial charge on any atom is -0.481 e. The lowest BCUT2D eigenvalue weighted by Crippen LogP contribution is -2.34. The summed E-state index contributed by atoms with van der Waals surface area (Å²) in [4.78, 5) is 12.7. The molecule has 102 valence electrons. The largest absolute Gasteiger partial charge is 0.481 e. The minimum atomic E-state index is -0.720. The van der Waals surface area contributed by atoms with Gasteiger partial charge in [-0.15, -0.1) is 0 Å². The molecule has 0 rings (SSSR count). The molecule has 0 fully saturated rings. The Kier molecular flexibility index (Phi) is 8.17. The van der Waals surface area contributed by atoms with Crippen molar-refractivity contribution in [2.24, 2.45) is 5.41 Å². The van der Waals surface area contributed by atoms with Crippen molar-refractivity contribution < 1.29 is 15.0 Å². The molecule has 17 heavy (non-hydrogen) atoms. The molecule has 0 saturated carbocycles. The number of aliphatic carboxylic acids is 1. The summed E-state index contributed by atoms with van der Waals surface area (Å²) in [5, 5.41) is 17.4. The third-order valence-electron chi connectivity index (χ3n) is 2.45. The zero-order valence-corrected chi connectivity index (χ0v) is 11.4. The van der Waals surface area contributed by atoms with Crippen molar-refractivity contribution in [2.45, 2.75) is 46.5 Å². The Bertz CT molecular complexity index is 211. The first kappa shape index (κ1) is 16.4. The third kappa shape index (κ3) is 11.6. The summed E-state index contributed by atoms with van der Waals surface area (Å²) in [6.07, 6.45) is 2.68. The van der Waals surface area contributed by atoms with Crippen molar-refractivity contribution in [1.82, 2.24) is 4.90 Å². The number of carboxylic acid groups (broad SMARTS) is 1. The van der Waals surface area contributed by atoms with Gasteiger partial charge in [-0.3, -0.25) is 4.79 Å². The Balaban J connectivity index is 3.88. The topological polar surface area (TPSA) is 60.8 Å². The molecule has 0 aromatic rings. The van der Waals surface area contributed by atoms with Crippen molar-refractivity contribution in [3.8, 4) is 0 Å². The average molecular weight is 245 g/mol. The maximum Gasteiger partial charge on any atom is 0.303 e. The molecule has 4 heteroatoms. The number of unbranched alkanes of at least 4 members (excludes halogenated alkanes) is 1. The van der Waals surface area contributed by atoms with E-state index in [0.717, 1.165) is 38.9 Å². The number of aliphatic hydroxyl groups is 1. The van der Waals surface area contributed by atoms with Gasteiger partial charge in [-0.25, -0.2) is 0 Å². The fraction of sp³-hybridized carbons (Fsp3) is 0.923. The summed E-state index contributed by atoms with van der Waals surface area (Å²) in [5.41, 5.74) is 0.238. The molecule has 4 nitrogen and oxygen atoms in total. The third-order valence-corrected chi connectivity index (χ3v) is 2.45. The monoisotopic (exact) mass is 245 g/mol. The van der Waals surface area contributed by atoms with Gasteiger partial charge in [0.05, 0.1) is 0 Å². The summed E-state index contributed by atoms with van der Waals surface area (Å²) in [7, 11) is 0. The Morgan fingerprint density at radius 3 is 2.18 bits per heavy atom. The first-order valence-electron chi connectivity index (χ1n) is 6.40. The minimum absolute atomic E-state index is 0.218. The van der Waals surface area contributed by atoms with E-state index >= 15 is 0 Å². The maximum absolute atomic E-state index is 10.4. The molecule has 0 aliphatic carbocycles. The van der Waals surface area contributed by atoms with Crippen molar-refractivity contribution in [3.05, 3.63) is 0 Å². The zero-order valence-electron chi connectivity index (χ0n) is 11.4. The lowest BCUT2D eigenvalue weighted by Gasteiger charge is -2.29. The summed E-state index contributed by atoms with van der Waals surface area (Å²) in [5.74, 6) is -0.720. The van der Waals surface area contributed by atoms with Crippen LogP contribution in [0.5, 0.6) is 0 Å². The van der Waals surface area contributed by atoms with Gasteiger partial charge in [-0.1, -0.05) is 20.8 Å². The highest BCUT2D eigenvalue weighted by Gasteiger charge is 2.15. The van der Waals surface area contributed by atoms with Gasteiger partial charge in [0.15, 0.2) is 0 Å². The van der Waals surface area contributed by atoms with Crippen LogP contribution >= 0.6 is 0 Å². The van der Waals surface area contributed by atoms with E-state index < -0.39 is 5.97 Å². The van der Waals surface area contributed by atoms with E-state index in [4.69, 9.17) is 10.2 Å². The summed E-state index contributed by atoms with van der Waals surface area (Å²) in [6, 6.07) is 0. The molecule has 0 unspecified atom stereocenters.